The molecule has 2 N–H and O–H groups in total. The average Bonchev–Trinajstić information content (AvgIpc) is 2.85. The lowest BCUT2D eigenvalue weighted by atomic mass is 10.1. The summed E-state index contributed by atoms with van der Waals surface area (Å²) in [5.74, 6) is 0.771. The molecule has 1 saturated heterocycles. The van der Waals surface area contributed by atoms with Crippen LogP contribution in [0.15, 0.2) is 18.5 Å². The zero-order valence-electron chi connectivity index (χ0n) is 11.4. The highest BCUT2D eigenvalue weighted by molar-refractivity contribution is 5.53. The summed E-state index contributed by atoms with van der Waals surface area (Å²) in [4.78, 5) is 6.76. The number of aromatic nitrogens is 1. The lowest BCUT2D eigenvalue weighted by molar-refractivity contribution is 0.345. The van der Waals surface area contributed by atoms with E-state index in [-0.39, 0.29) is 0 Å². The van der Waals surface area contributed by atoms with Crippen LogP contribution in [-0.4, -0.2) is 42.6 Å². The molecule has 1 unspecified atom stereocenters. The summed E-state index contributed by atoms with van der Waals surface area (Å²) in [5, 5.41) is 6.78. The molecule has 1 aliphatic rings. The Kier molecular flexibility index (Phi) is 4.81. The van der Waals surface area contributed by atoms with Crippen molar-refractivity contribution in [1.29, 1.82) is 0 Å². The molecule has 1 aliphatic heterocycles. The smallest absolute Gasteiger partial charge is 0.0547 e. The molecule has 1 aromatic rings. The van der Waals surface area contributed by atoms with E-state index in [9.17, 15) is 0 Å². The Labute approximate surface area is 110 Å². The van der Waals surface area contributed by atoms with Crippen molar-refractivity contribution < 1.29 is 0 Å². The zero-order valence-corrected chi connectivity index (χ0v) is 11.4. The highest BCUT2D eigenvalue weighted by Gasteiger charge is 2.20. The summed E-state index contributed by atoms with van der Waals surface area (Å²) >= 11 is 0. The maximum absolute atomic E-state index is 4.24. The molecule has 18 heavy (non-hydrogen) atoms. The van der Waals surface area contributed by atoms with Gasteiger partial charge in [0.1, 0.15) is 0 Å². The fraction of sp³-hybridized carbons (Fsp3) is 0.643. The second-order valence-electron chi connectivity index (χ2n) is 4.92. The lowest BCUT2D eigenvalue weighted by Gasteiger charge is -2.14. The molecule has 1 aromatic heterocycles. The molecule has 1 fully saturated rings. The third-order valence-electron chi connectivity index (χ3n) is 3.53. The van der Waals surface area contributed by atoms with E-state index < -0.39 is 0 Å². The fourth-order valence-electron chi connectivity index (χ4n) is 2.47. The molecule has 0 amide bonds. The first-order valence-electron chi connectivity index (χ1n) is 6.97. The molecule has 0 aromatic carbocycles. The molecule has 0 bridgehead atoms. The minimum Gasteiger partial charge on any atom is -0.384 e. The van der Waals surface area contributed by atoms with Gasteiger partial charge in [0.05, 0.1) is 23.8 Å². The normalized spacial score (nSPS) is 20.0. The molecule has 4 heteroatoms. The van der Waals surface area contributed by atoms with E-state index in [1.807, 2.05) is 12.4 Å². The molecule has 1 atom stereocenters. The molecule has 2 rings (SSSR count). The summed E-state index contributed by atoms with van der Waals surface area (Å²) in [6.45, 7) is 9.96. The zero-order chi connectivity index (χ0) is 12.8. The van der Waals surface area contributed by atoms with Gasteiger partial charge in [-0.05, 0) is 38.4 Å². The Morgan fingerprint density at radius 3 is 2.72 bits per heavy atom. The average molecular weight is 248 g/mol. The predicted molar refractivity (Wildman–Crippen MR) is 77.1 cm³/mol. The van der Waals surface area contributed by atoms with Crippen LogP contribution in [0.5, 0.6) is 0 Å². The monoisotopic (exact) mass is 248 g/mol. The van der Waals surface area contributed by atoms with Gasteiger partial charge < -0.3 is 15.5 Å². The molecule has 0 aliphatic carbocycles. The predicted octanol–water partition coefficient (Wildman–Crippen LogP) is 2.27. The van der Waals surface area contributed by atoms with E-state index >= 15 is 0 Å². The molecule has 2 heterocycles. The van der Waals surface area contributed by atoms with Crippen LogP contribution >= 0.6 is 0 Å². The van der Waals surface area contributed by atoms with Crippen molar-refractivity contribution >= 4 is 11.4 Å². The second kappa shape index (κ2) is 6.59. The van der Waals surface area contributed by atoms with E-state index in [0.29, 0.717) is 0 Å². The molecule has 100 valence electrons. The number of pyridine rings is 1. The maximum atomic E-state index is 4.24. The minimum absolute atomic E-state index is 0.771. The second-order valence-corrected chi connectivity index (χ2v) is 4.92. The van der Waals surface area contributed by atoms with Gasteiger partial charge in [0.25, 0.3) is 0 Å². The van der Waals surface area contributed by atoms with Crippen LogP contribution in [0.25, 0.3) is 0 Å². The molecular formula is C14H24N4. The first-order valence-corrected chi connectivity index (χ1v) is 6.97. The number of rotatable bonds is 6. The molecular weight excluding hydrogens is 224 g/mol. The van der Waals surface area contributed by atoms with Crippen LogP contribution in [0.4, 0.5) is 11.4 Å². The third-order valence-corrected chi connectivity index (χ3v) is 3.53. The number of hydrogen-bond donors (Lipinski definition) is 2. The van der Waals surface area contributed by atoms with E-state index in [2.05, 4.69) is 40.4 Å². The molecule has 4 nitrogen and oxygen atoms in total. The summed E-state index contributed by atoms with van der Waals surface area (Å²) < 4.78 is 0. The van der Waals surface area contributed by atoms with Crippen molar-refractivity contribution in [1.82, 2.24) is 9.88 Å². The Hall–Kier alpha value is -1.29. The van der Waals surface area contributed by atoms with Gasteiger partial charge in [0.2, 0.25) is 0 Å². The Morgan fingerprint density at radius 1 is 1.28 bits per heavy atom. The Bertz CT molecular complexity index is 367. The first-order chi connectivity index (χ1) is 8.81. The topological polar surface area (TPSA) is 40.2 Å². The van der Waals surface area contributed by atoms with Crippen LogP contribution in [0, 0.1) is 5.92 Å². The number of anilines is 2. The largest absolute Gasteiger partial charge is 0.384 e. The van der Waals surface area contributed by atoms with Crippen LogP contribution < -0.4 is 10.6 Å². The van der Waals surface area contributed by atoms with Crippen LogP contribution in [-0.2, 0) is 0 Å². The van der Waals surface area contributed by atoms with Gasteiger partial charge in [-0.15, -0.1) is 0 Å². The van der Waals surface area contributed by atoms with Crippen molar-refractivity contribution in [3.63, 3.8) is 0 Å². The highest BCUT2D eigenvalue weighted by atomic mass is 15.1. The van der Waals surface area contributed by atoms with E-state index in [1.54, 1.807) is 0 Å². The number of nitrogens with one attached hydrogen (secondary N) is 2. The van der Waals surface area contributed by atoms with E-state index in [4.69, 9.17) is 0 Å². The Balaban J connectivity index is 1.81. The van der Waals surface area contributed by atoms with Crippen molar-refractivity contribution in [2.75, 3.05) is 43.4 Å². The summed E-state index contributed by atoms with van der Waals surface area (Å²) in [6.07, 6.45) is 5.07. The minimum atomic E-state index is 0.771. The van der Waals surface area contributed by atoms with Gasteiger partial charge >= 0.3 is 0 Å². The standard InChI is InChI=1S/C14H24N4/c1-3-16-13-7-14(10-15-9-13)17-8-12-5-6-18(4-2)11-12/h7,9-10,12,16-17H,3-6,8,11H2,1-2H3. The van der Waals surface area contributed by atoms with Crippen molar-refractivity contribution in [3.8, 4) is 0 Å². The van der Waals surface area contributed by atoms with E-state index in [1.165, 1.54) is 26.1 Å². The fourth-order valence-corrected chi connectivity index (χ4v) is 2.47. The van der Waals surface area contributed by atoms with Crippen molar-refractivity contribution in [2.24, 2.45) is 5.92 Å². The summed E-state index contributed by atoms with van der Waals surface area (Å²) in [5.41, 5.74) is 2.20. The molecule has 0 spiro atoms. The van der Waals surface area contributed by atoms with Crippen molar-refractivity contribution in [3.05, 3.63) is 18.5 Å². The molecule has 0 saturated carbocycles. The van der Waals surface area contributed by atoms with Gasteiger partial charge in [0.15, 0.2) is 0 Å². The summed E-state index contributed by atoms with van der Waals surface area (Å²) in [6, 6.07) is 2.13. The maximum Gasteiger partial charge on any atom is 0.0547 e. The highest BCUT2D eigenvalue weighted by Crippen LogP contribution is 2.18. The third kappa shape index (κ3) is 3.60. The molecule has 0 radical (unpaired) electrons. The number of nitrogens with zero attached hydrogens (tertiary/aromatic N) is 2. The quantitative estimate of drug-likeness (QED) is 0.810. The lowest BCUT2D eigenvalue weighted by Crippen LogP contribution is -2.22. The van der Waals surface area contributed by atoms with Crippen LogP contribution in [0.3, 0.4) is 0 Å². The van der Waals surface area contributed by atoms with E-state index in [0.717, 1.165) is 30.4 Å². The van der Waals surface area contributed by atoms with Gasteiger partial charge in [-0.1, -0.05) is 6.92 Å². The number of hydrogen-bond acceptors (Lipinski definition) is 4. The van der Waals surface area contributed by atoms with Gasteiger partial charge in [-0.3, -0.25) is 4.98 Å². The Morgan fingerprint density at radius 2 is 2.06 bits per heavy atom. The van der Waals surface area contributed by atoms with Gasteiger partial charge in [0, 0.05) is 19.6 Å². The van der Waals surface area contributed by atoms with Crippen molar-refractivity contribution in [2.45, 2.75) is 20.3 Å². The SMILES string of the molecule is CCNc1cncc(NCC2CCN(CC)C2)c1. The van der Waals surface area contributed by atoms with Gasteiger partial charge in [-0.2, -0.15) is 0 Å². The summed E-state index contributed by atoms with van der Waals surface area (Å²) in [7, 11) is 0. The van der Waals surface area contributed by atoms with Crippen LogP contribution in [0.2, 0.25) is 0 Å². The first kappa shape index (κ1) is 13.1. The number of likely N-dealkylation sites (tertiary alicyclic amines) is 1. The van der Waals surface area contributed by atoms with Crippen LogP contribution in [0.1, 0.15) is 20.3 Å². The van der Waals surface area contributed by atoms with Gasteiger partial charge in [-0.25, -0.2) is 0 Å².